The summed E-state index contributed by atoms with van der Waals surface area (Å²) in [4.78, 5) is 14.0. The van der Waals surface area contributed by atoms with Crippen LogP contribution in [0.25, 0.3) is 0 Å². The van der Waals surface area contributed by atoms with Crippen LogP contribution in [0.15, 0.2) is 0 Å². The van der Waals surface area contributed by atoms with Crippen molar-refractivity contribution < 1.29 is 9.53 Å². The van der Waals surface area contributed by atoms with Crippen molar-refractivity contribution >= 4 is 22.4 Å². The number of carbonyl (C=O) groups excluding carboxylic acids is 1. The van der Waals surface area contributed by atoms with E-state index in [1.54, 1.807) is 11.9 Å². The Bertz CT molecular complexity index is 409. The normalized spacial score (nSPS) is 24.8. The third kappa shape index (κ3) is 2.55. The minimum Gasteiger partial charge on any atom is -0.375 e. The van der Waals surface area contributed by atoms with Crippen LogP contribution in [0.2, 0.25) is 0 Å². The van der Waals surface area contributed by atoms with Gasteiger partial charge in [0.1, 0.15) is 0 Å². The molecule has 1 fully saturated rings. The molecule has 2 atom stereocenters. The lowest BCUT2D eigenvalue weighted by molar-refractivity contribution is -0.0387. The van der Waals surface area contributed by atoms with Crippen LogP contribution in [0.1, 0.15) is 23.6 Å². The van der Waals surface area contributed by atoms with Gasteiger partial charge in [0.25, 0.3) is 5.91 Å². The van der Waals surface area contributed by atoms with Gasteiger partial charge in [-0.2, -0.15) is 0 Å². The van der Waals surface area contributed by atoms with E-state index in [0.29, 0.717) is 23.3 Å². The number of anilines is 1. The van der Waals surface area contributed by atoms with Crippen molar-refractivity contribution in [2.75, 3.05) is 25.5 Å². The first kappa shape index (κ1) is 12.3. The van der Waals surface area contributed by atoms with E-state index < -0.39 is 0 Å². The van der Waals surface area contributed by atoms with Crippen LogP contribution < -0.4 is 5.32 Å². The van der Waals surface area contributed by atoms with E-state index in [0.717, 1.165) is 0 Å². The zero-order valence-corrected chi connectivity index (χ0v) is 11.0. The number of amides is 1. The summed E-state index contributed by atoms with van der Waals surface area (Å²) >= 11 is 1.27. The van der Waals surface area contributed by atoms with Crippen molar-refractivity contribution in [3.8, 4) is 0 Å². The molecule has 2 heterocycles. The topological polar surface area (TPSA) is 67.4 Å². The molecule has 17 heavy (non-hydrogen) atoms. The lowest BCUT2D eigenvalue weighted by atomic mass is 10.2. The van der Waals surface area contributed by atoms with Gasteiger partial charge in [-0.25, -0.2) is 0 Å². The van der Waals surface area contributed by atoms with Crippen LogP contribution in [-0.4, -0.2) is 53.3 Å². The molecule has 1 saturated heterocycles. The third-order valence-corrected chi connectivity index (χ3v) is 3.62. The quantitative estimate of drug-likeness (QED) is 0.849. The van der Waals surface area contributed by atoms with Gasteiger partial charge in [0.15, 0.2) is 0 Å². The lowest BCUT2D eigenvalue weighted by Crippen LogP contribution is -2.50. The number of ether oxygens (including phenoxy) is 1. The van der Waals surface area contributed by atoms with Crippen molar-refractivity contribution in [2.45, 2.75) is 26.0 Å². The van der Waals surface area contributed by atoms with Gasteiger partial charge in [-0.1, -0.05) is 11.3 Å². The molecule has 1 amide bonds. The second-order valence-electron chi connectivity index (χ2n) is 4.11. The van der Waals surface area contributed by atoms with E-state index in [-0.39, 0.29) is 18.1 Å². The van der Waals surface area contributed by atoms with Gasteiger partial charge in [0.05, 0.1) is 18.8 Å². The van der Waals surface area contributed by atoms with Crippen molar-refractivity contribution in [1.82, 2.24) is 15.1 Å². The molecule has 7 heteroatoms. The molecule has 0 aromatic carbocycles. The van der Waals surface area contributed by atoms with Crippen LogP contribution in [0.4, 0.5) is 5.13 Å². The summed E-state index contributed by atoms with van der Waals surface area (Å²) in [7, 11) is 1.76. The molecule has 0 spiro atoms. The number of hydrogen-bond donors (Lipinski definition) is 1. The third-order valence-electron chi connectivity index (χ3n) is 2.69. The zero-order chi connectivity index (χ0) is 12.4. The largest absolute Gasteiger partial charge is 0.375 e. The van der Waals surface area contributed by atoms with Crippen LogP contribution in [0.3, 0.4) is 0 Å². The van der Waals surface area contributed by atoms with Gasteiger partial charge in [-0.15, -0.1) is 10.2 Å². The molecule has 1 aromatic heterocycles. The monoisotopic (exact) mass is 256 g/mol. The van der Waals surface area contributed by atoms with Gasteiger partial charge in [0, 0.05) is 13.6 Å². The first-order valence-corrected chi connectivity index (χ1v) is 6.37. The molecule has 0 bridgehead atoms. The van der Waals surface area contributed by atoms with E-state index in [1.807, 2.05) is 13.8 Å². The molecule has 1 aliphatic rings. The summed E-state index contributed by atoms with van der Waals surface area (Å²) in [5.74, 6) is -0.0633. The Morgan fingerprint density at radius 3 is 2.94 bits per heavy atom. The molecule has 2 rings (SSSR count). The van der Waals surface area contributed by atoms with E-state index in [4.69, 9.17) is 4.74 Å². The van der Waals surface area contributed by atoms with E-state index >= 15 is 0 Å². The average molecular weight is 256 g/mol. The summed E-state index contributed by atoms with van der Waals surface area (Å²) in [5, 5.41) is 11.7. The molecule has 6 nitrogen and oxygen atoms in total. The van der Waals surface area contributed by atoms with Gasteiger partial charge in [-0.3, -0.25) is 4.79 Å². The van der Waals surface area contributed by atoms with Crippen molar-refractivity contribution in [3.63, 3.8) is 0 Å². The number of hydrogen-bond acceptors (Lipinski definition) is 6. The van der Waals surface area contributed by atoms with E-state index in [2.05, 4.69) is 15.5 Å². The van der Waals surface area contributed by atoms with Gasteiger partial charge in [0.2, 0.25) is 10.1 Å². The highest BCUT2D eigenvalue weighted by atomic mass is 32.1. The summed E-state index contributed by atoms with van der Waals surface area (Å²) in [6, 6.07) is 0.0839. The maximum Gasteiger partial charge on any atom is 0.285 e. The molecule has 1 aliphatic heterocycles. The second-order valence-corrected chi connectivity index (χ2v) is 5.09. The van der Waals surface area contributed by atoms with Crippen LogP contribution in [0.5, 0.6) is 0 Å². The Balaban J connectivity index is 2.12. The molecule has 94 valence electrons. The van der Waals surface area contributed by atoms with Crippen molar-refractivity contribution in [3.05, 3.63) is 5.01 Å². The van der Waals surface area contributed by atoms with Gasteiger partial charge in [-0.05, 0) is 13.8 Å². The zero-order valence-electron chi connectivity index (χ0n) is 10.1. The predicted molar refractivity (Wildman–Crippen MR) is 65.4 cm³/mol. The number of carbonyl (C=O) groups is 1. The Kier molecular flexibility index (Phi) is 3.58. The smallest absolute Gasteiger partial charge is 0.285 e. The maximum absolute atomic E-state index is 12.2. The van der Waals surface area contributed by atoms with Crippen LogP contribution in [0, 0.1) is 0 Å². The highest BCUT2D eigenvalue weighted by Crippen LogP contribution is 2.19. The lowest BCUT2D eigenvalue weighted by Gasteiger charge is -2.36. The minimum atomic E-state index is -0.0633. The minimum absolute atomic E-state index is 0.0633. The number of aromatic nitrogens is 2. The number of morpholine rings is 1. The Labute approximate surface area is 104 Å². The SMILES string of the molecule is CNc1nnc(C(=O)N2CC(C)OCC2C)s1. The highest BCUT2D eigenvalue weighted by Gasteiger charge is 2.30. The second kappa shape index (κ2) is 4.97. The maximum atomic E-state index is 12.2. The van der Waals surface area contributed by atoms with E-state index in [1.165, 1.54) is 11.3 Å². The standard InChI is InChI=1S/C10H16N4O2S/c1-6-5-16-7(2)4-14(6)9(15)8-12-13-10(11-3)17-8/h6-7H,4-5H2,1-3H3,(H,11,13). The Morgan fingerprint density at radius 1 is 1.53 bits per heavy atom. The molecular weight excluding hydrogens is 240 g/mol. The first-order chi connectivity index (χ1) is 8.11. The summed E-state index contributed by atoms with van der Waals surface area (Å²) in [6.07, 6.45) is 0.0758. The fraction of sp³-hybridized carbons (Fsp3) is 0.700. The fourth-order valence-corrected chi connectivity index (χ4v) is 2.37. The molecule has 0 radical (unpaired) electrons. The Morgan fingerprint density at radius 2 is 2.29 bits per heavy atom. The van der Waals surface area contributed by atoms with Crippen molar-refractivity contribution in [1.29, 1.82) is 0 Å². The summed E-state index contributed by atoms with van der Waals surface area (Å²) in [5.41, 5.74) is 0. The van der Waals surface area contributed by atoms with Crippen LogP contribution in [-0.2, 0) is 4.74 Å². The van der Waals surface area contributed by atoms with E-state index in [9.17, 15) is 4.79 Å². The Hall–Kier alpha value is -1.21. The average Bonchev–Trinajstić information content (AvgIpc) is 2.80. The van der Waals surface area contributed by atoms with Crippen LogP contribution >= 0.6 is 11.3 Å². The first-order valence-electron chi connectivity index (χ1n) is 5.55. The molecule has 1 aromatic rings. The highest BCUT2D eigenvalue weighted by molar-refractivity contribution is 7.17. The number of nitrogens with zero attached hydrogens (tertiary/aromatic N) is 3. The van der Waals surface area contributed by atoms with Crippen molar-refractivity contribution in [2.24, 2.45) is 0 Å². The molecule has 0 aliphatic carbocycles. The predicted octanol–water partition coefficient (Wildman–Crippen LogP) is 0.829. The molecule has 1 N–H and O–H groups in total. The number of nitrogens with one attached hydrogen (secondary N) is 1. The molecule has 0 saturated carbocycles. The van der Waals surface area contributed by atoms with Gasteiger partial charge >= 0.3 is 0 Å². The molecule has 2 unspecified atom stereocenters. The van der Waals surface area contributed by atoms with Gasteiger partial charge < -0.3 is 15.0 Å². The summed E-state index contributed by atoms with van der Waals surface area (Å²) in [6.45, 7) is 5.12. The summed E-state index contributed by atoms with van der Waals surface area (Å²) < 4.78 is 5.49. The number of rotatable bonds is 2. The fourth-order valence-electron chi connectivity index (χ4n) is 1.72. The molecular formula is C10H16N4O2S.